The normalized spacial score (nSPS) is 29.2. The van der Waals surface area contributed by atoms with Crippen molar-refractivity contribution in [2.45, 2.75) is 38.9 Å². The number of rotatable bonds is 5. The highest BCUT2D eigenvalue weighted by Gasteiger charge is 2.32. The van der Waals surface area contributed by atoms with Gasteiger partial charge in [0.05, 0.1) is 18.0 Å². The molecule has 1 N–H and O–H groups in total. The average Bonchev–Trinajstić information content (AvgIpc) is 3.10. The van der Waals surface area contributed by atoms with Gasteiger partial charge in [-0.25, -0.2) is 8.42 Å². The molecule has 1 aliphatic heterocycles. The van der Waals surface area contributed by atoms with Gasteiger partial charge in [-0.15, -0.1) is 0 Å². The van der Waals surface area contributed by atoms with E-state index in [0.717, 1.165) is 12.8 Å². The Morgan fingerprint density at radius 3 is 2.37 bits per heavy atom. The maximum Gasteiger partial charge on any atom is 0.223 e. The van der Waals surface area contributed by atoms with Crippen molar-refractivity contribution >= 4 is 15.9 Å². The topological polar surface area (TPSA) is 75.7 Å². The second-order valence-corrected chi connectivity index (χ2v) is 7.54. The SMILES string of the molecule is C[C@@H]1CN(S(=O)(=O)CCNC(=O)C2CC2)C[C@@H](C)O1. The third-order valence-corrected chi connectivity index (χ3v) is 5.19. The van der Waals surface area contributed by atoms with E-state index in [9.17, 15) is 13.2 Å². The van der Waals surface area contributed by atoms with Crippen molar-refractivity contribution in [3.05, 3.63) is 0 Å². The first-order valence-electron chi connectivity index (χ1n) is 6.79. The van der Waals surface area contributed by atoms with Gasteiger partial charge in [-0.3, -0.25) is 4.79 Å². The van der Waals surface area contributed by atoms with Crippen LogP contribution in [0.15, 0.2) is 0 Å². The van der Waals surface area contributed by atoms with Crippen LogP contribution in [0, 0.1) is 5.92 Å². The van der Waals surface area contributed by atoms with E-state index in [-0.39, 0.29) is 36.3 Å². The van der Waals surface area contributed by atoms with Crippen molar-refractivity contribution in [3.63, 3.8) is 0 Å². The van der Waals surface area contributed by atoms with E-state index in [2.05, 4.69) is 5.32 Å². The lowest BCUT2D eigenvalue weighted by molar-refractivity contribution is -0.122. The van der Waals surface area contributed by atoms with Crippen molar-refractivity contribution in [2.24, 2.45) is 5.92 Å². The Morgan fingerprint density at radius 1 is 1.26 bits per heavy atom. The second-order valence-electron chi connectivity index (χ2n) is 5.46. The molecular weight excluding hydrogens is 268 g/mol. The summed E-state index contributed by atoms with van der Waals surface area (Å²) in [6, 6.07) is 0. The minimum Gasteiger partial charge on any atom is -0.373 e. The number of carbonyl (C=O) groups excluding carboxylic acids is 1. The molecule has 1 saturated carbocycles. The molecule has 1 heterocycles. The van der Waals surface area contributed by atoms with Gasteiger partial charge in [0, 0.05) is 25.6 Å². The van der Waals surface area contributed by atoms with Crippen LogP contribution in [-0.4, -0.2) is 56.2 Å². The molecule has 19 heavy (non-hydrogen) atoms. The summed E-state index contributed by atoms with van der Waals surface area (Å²) < 4.78 is 31.3. The molecule has 0 bridgehead atoms. The molecule has 0 aromatic carbocycles. The summed E-state index contributed by atoms with van der Waals surface area (Å²) in [6.45, 7) is 4.71. The maximum absolute atomic E-state index is 12.2. The minimum absolute atomic E-state index is 0.0149. The predicted molar refractivity (Wildman–Crippen MR) is 71.1 cm³/mol. The molecule has 1 amide bonds. The lowest BCUT2D eigenvalue weighted by Gasteiger charge is -2.34. The van der Waals surface area contributed by atoms with Crippen LogP contribution in [0.4, 0.5) is 0 Å². The van der Waals surface area contributed by atoms with Crippen LogP contribution >= 0.6 is 0 Å². The number of hydrogen-bond donors (Lipinski definition) is 1. The summed E-state index contributed by atoms with van der Waals surface area (Å²) in [7, 11) is -3.31. The van der Waals surface area contributed by atoms with Crippen molar-refractivity contribution in [1.82, 2.24) is 9.62 Å². The van der Waals surface area contributed by atoms with E-state index in [4.69, 9.17) is 4.74 Å². The molecule has 1 saturated heterocycles. The van der Waals surface area contributed by atoms with Crippen LogP contribution in [0.3, 0.4) is 0 Å². The van der Waals surface area contributed by atoms with Gasteiger partial charge in [0.15, 0.2) is 0 Å². The fourth-order valence-corrected chi connectivity index (χ4v) is 3.77. The molecule has 2 fully saturated rings. The first kappa shape index (κ1) is 14.7. The molecule has 1 aliphatic carbocycles. The van der Waals surface area contributed by atoms with E-state index in [0.29, 0.717) is 13.1 Å². The fourth-order valence-electron chi connectivity index (χ4n) is 2.28. The molecular formula is C12H22N2O4S. The lowest BCUT2D eigenvalue weighted by Crippen LogP contribution is -2.49. The molecule has 0 radical (unpaired) electrons. The zero-order valence-electron chi connectivity index (χ0n) is 11.5. The minimum atomic E-state index is -3.31. The number of sulfonamides is 1. The summed E-state index contributed by atoms with van der Waals surface area (Å²) in [5.41, 5.74) is 0. The van der Waals surface area contributed by atoms with Crippen LogP contribution in [0.5, 0.6) is 0 Å². The molecule has 0 spiro atoms. The van der Waals surface area contributed by atoms with Gasteiger partial charge in [-0.2, -0.15) is 4.31 Å². The van der Waals surface area contributed by atoms with Crippen molar-refractivity contribution in [1.29, 1.82) is 0 Å². The van der Waals surface area contributed by atoms with Gasteiger partial charge in [0.1, 0.15) is 0 Å². The van der Waals surface area contributed by atoms with Gasteiger partial charge in [-0.1, -0.05) is 0 Å². The number of nitrogens with zero attached hydrogens (tertiary/aromatic N) is 1. The Balaban J connectivity index is 1.81. The summed E-state index contributed by atoms with van der Waals surface area (Å²) in [6.07, 6.45) is 1.69. The molecule has 2 aliphatic rings. The van der Waals surface area contributed by atoms with Crippen LogP contribution < -0.4 is 5.32 Å². The number of ether oxygens (including phenoxy) is 1. The van der Waals surface area contributed by atoms with Gasteiger partial charge in [0.2, 0.25) is 15.9 Å². The fraction of sp³-hybridized carbons (Fsp3) is 0.917. The summed E-state index contributed by atoms with van der Waals surface area (Å²) in [5, 5.41) is 2.69. The molecule has 2 atom stereocenters. The molecule has 0 aromatic rings. The molecule has 0 unspecified atom stereocenters. The standard InChI is InChI=1S/C12H22N2O4S/c1-9-7-14(8-10(2)18-9)19(16,17)6-5-13-12(15)11-3-4-11/h9-11H,3-8H2,1-2H3,(H,13,15)/t9-,10-/m1/s1. The number of carbonyl (C=O) groups is 1. The Labute approximate surface area is 114 Å². The Kier molecular flexibility index (Phi) is 4.47. The molecule has 6 nitrogen and oxygen atoms in total. The van der Waals surface area contributed by atoms with Gasteiger partial charge in [-0.05, 0) is 26.7 Å². The Morgan fingerprint density at radius 2 is 1.84 bits per heavy atom. The second kappa shape index (κ2) is 5.76. The molecule has 110 valence electrons. The first-order valence-corrected chi connectivity index (χ1v) is 8.40. The van der Waals surface area contributed by atoms with Crippen molar-refractivity contribution in [2.75, 3.05) is 25.4 Å². The quantitative estimate of drug-likeness (QED) is 0.770. The van der Waals surface area contributed by atoms with Crippen molar-refractivity contribution in [3.8, 4) is 0 Å². The van der Waals surface area contributed by atoms with E-state index >= 15 is 0 Å². The van der Waals surface area contributed by atoms with Crippen LogP contribution in [0.1, 0.15) is 26.7 Å². The monoisotopic (exact) mass is 290 g/mol. The predicted octanol–water partition coefficient (Wildman–Crippen LogP) is -0.0484. The number of amides is 1. The van der Waals surface area contributed by atoms with E-state index in [1.165, 1.54) is 4.31 Å². The van der Waals surface area contributed by atoms with E-state index in [1.807, 2.05) is 13.8 Å². The zero-order valence-corrected chi connectivity index (χ0v) is 12.3. The molecule has 2 rings (SSSR count). The van der Waals surface area contributed by atoms with Gasteiger partial charge >= 0.3 is 0 Å². The smallest absolute Gasteiger partial charge is 0.223 e. The van der Waals surface area contributed by atoms with Gasteiger partial charge in [0.25, 0.3) is 0 Å². The van der Waals surface area contributed by atoms with Gasteiger partial charge < -0.3 is 10.1 Å². The number of nitrogens with one attached hydrogen (secondary N) is 1. The largest absolute Gasteiger partial charge is 0.373 e. The highest BCUT2D eigenvalue weighted by atomic mass is 32.2. The third kappa shape index (κ3) is 4.15. The van der Waals surface area contributed by atoms with Crippen LogP contribution in [-0.2, 0) is 19.6 Å². The summed E-state index contributed by atoms with van der Waals surface area (Å²) >= 11 is 0. The Bertz CT molecular complexity index is 423. The zero-order chi connectivity index (χ0) is 14.0. The molecule has 0 aromatic heterocycles. The Hall–Kier alpha value is -0.660. The average molecular weight is 290 g/mol. The van der Waals surface area contributed by atoms with Crippen LogP contribution in [0.2, 0.25) is 0 Å². The third-order valence-electron chi connectivity index (χ3n) is 3.39. The first-order chi connectivity index (χ1) is 8.88. The highest BCUT2D eigenvalue weighted by molar-refractivity contribution is 7.89. The van der Waals surface area contributed by atoms with Crippen LogP contribution in [0.25, 0.3) is 0 Å². The summed E-state index contributed by atoms with van der Waals surface area (Å²) in [5.74, 6) is 0.0651. The van der Waals surface area contributed by atoms with E-state index < -0.39 is 10.0 Å². The maximum atomic E-state index is 12.2. The van der Waals surface area contributed by atoms with E-state index in [1.54, 1.807) is 0 Å². The number of hydrogen-bond acceptors (Lipinski definition) is 4. The highest BCUT2D eigenvalue weighted by Crippen LogP contribution is 2.28. The number of morpholine rings is 1. The van der Waals surface area contributed by atoms with Crippen molar-refractivity contribution < 1.29 is 17.9 Å². The lowest BCUT2D eigenvalue weighted by atomic mass is 10.3. The molecule has 7 heteroatoms. The summed E-state index contributed by atoms with van der Waals surface area (Å²) in [4.78, 5) is 11.4.